The SMILES string of the molecule is CCCCCCCCOc1ccc(/C=C/C(=O)O[C@H]2CC[C@H](NC(=O)C(C)(C)CC)CC2)cc1. The molecule has 190 valence electrons. The van der Waals surface area contributed by atoms with Crippen molar-refractivity contribution >= 4 is 18.0 Å². The molecule has 1 aromatic rings. The van der Waals surface area contributed by atoms with E-state index in [1.807, 2.05) is 45.0 Å². The van der Waals surface area contributed by atoms with Crippen LogP contribution in [0, 0.1) is 5.41 Å². The van der Waals surface area contributed by atoms with E-state index >= 15 is 0 Å². The van der Waals surface area contributed by atoms with Gasteiger partial charge in [-0.2, -0.15) is 0 Å². The predicted octanol–water partition coefficient (Wildman–Crippen LogP) is 6.85. The van der Waals surface area contributed by atoms with Crippen molar-refractivity contribution in [3.63, 3.8) is 0 Å². The fourth-order valence-corrected chi connectivity index (χ4v) is 3.98. The number of amides is 1. The maximum absolute atomic E-state index is 12.4. The summed E-state index contributed by atoms with van der Waals surface area (Å²) in [7, 11) is 0. The van der Waals surface area contributed by atoms with E-state index in [-0.39, 0.29) is 29.4 Å². The van der Waals surface area contributed by atoms with Crippen LogP contribution in [0.15, 0.2) is 30.3 Å². The number of nitrogens with one attached hydrogen (secondary N) is 1. The highest BCUT2D eigenvalue weighted by Gasteiger charge is 2.30. The van der Waals surface area contributed by atoms with Gasteiger partial charge < -0.3 is 14.8 Å². The molecule has 1 aromatic carbocycles. The minimum atomic E-state index is -0.341. The van der Waals surface area contributed by atoms with Gasteiger partial charge >= 0.3 is 5.97 Å². The first-order chi connectivity index (χ1) is 16.3. The molecule has 1 amide bonds. The number of carbonyl (C=O) groups is 2. The quantitative estimate of drug-likeness (QED) is 0.183. The number of esters is 1. The molecule has 0 radical (unpaired) electrons. The van der Waals surface area contributed by atoms with E-state index in [9.17, 15) is 9.59 Å². The highest BCUT2D eigenvalue weighted by Crippen LogP contribution is 2.25. The molecule has 34 heavy (non-hydrogen) atoms. The molecule has 2 rings (SSSR count). The van der Waals surface area contributed by atoms with E-state index in [2.05, 4.69) is 12.2 Å². The van der Waals surface area contributed by atoms with Gasteiger partial charge in [-0.05, 0) is 62.3 Å². The second kappa shape index (κ2) is 14.9. The van der Waals surface area contributed by atoms with Crippen molar-refractivity contribution in [1.29, 1.82) is 0 Å². The van der Waals surface area contributed by atoms with Gasteiger partial charge in [0.05, 0.1) is 6.61 Å². The van der Waals surface area contributed by atoms with E-state index in [0.717, 1.165) is 56.4 Å². The third-order valence-corrected chi connectivity index (χ3v) is 6.85. The Bertz CT molecular complexity index is 761. The number of hydrogen-bond donors (Lipinski definition) is 1. The van der Waals surface area contributed by atoms with Crippen LogP contribution >= 0.6 is 0 Å². The van der Waals surface area contributed by atoms with E-state index in [4.69, 9.17) is 9.47 Å². The number of benzene rings is 1. The number of hydrogen-bond acceptors (Lipinski definition) is 4. The number of carbonyl (C=O) groups excluding carboxylic acids is 2. The summed E-state index contributed by atoms with van der Waals surface area (Å²) < 4.78 is 11.4. The van der Waals surface area contributed by atoms with Gasteiger partial charge in [0, 0.05) is 17.5 Å². The highest BCUT2D eigenvalue weighted by molar-refractivity contribution is 5.87. The molecule has 0 bridgehead atoms. The summed E-state index contributed by atoms with van der Waals surface area (Å²) in [5.74, 6) is 0.652. The van der Waals surface area contributed by atoms with Gasteiger partial charge in [0.2, 0.25) is 5.91 Å². The lowest BCUT2D eigenvalue weighted by molar-refractivity contribution is -0.145. The highest BCUT2D eigenvalue weighted by atomic mass is 16.5. The van der Waals surface area contributed by atoms with E-state index in [1.165, 1.54) is 38.2 Å². The summed E-state index contributed by atoms with van der Waals surface area (Å²) in [4.78, 5) is 24.6. The van der Waals surface area contributed by atoms with Crippen LogP contribution in [-0.2, 0) is 14.3 Å². The first-order valence-corrected chi connectivity index (χ1v) is 13.3. The molecule has 1 aliphatic rings. The average molecular weight is 472 g/mol. The predicted molar refractivity (Wildman–Crippen MR) is 139 cm³/mol. The van der Waals surface area contributed by atoms with Crippen molar-refractivity contribution in [1.82, 2.24) is 5.32 Å². The van der Waals surface area contributed by atoms with E-state index in [0.29, 0.717) is 0 Å². The molecule has 0 heterocycles. The van der Waals surface area contributed by atoms with Crippen molar-refractivity contribution in [3.8, 4) is 5.75 Å². The lowest BCUT2D eigenvalue weighted by Crippen LogP contribution is -2.45. The molecule has 1 N–H and O–H groups in total. The Morgan fingerprint density at radius 3 is 2.26 bits per heavy atom. The lowest BCUT2D eigenvalue weighted by Gasteiger charge is -2.31. The Hall–Kier alpha value is -2.30. The first kappa shape index (κ1) is 27.9. The van der Waals surface area contributed by atoms with Gasteiger partial charge in [0.1, 0.15) is 11.9 Å². The number of unbranched alkanes of at least 4 members (excludes halogenated alkanes) is 5. The molecule has 5 nitrogen and oxygen atoms in total. The first-order valence-electron chi connectivity index (χ1n) is 13.3. The Morgan fingerprint density at radius 1 is 0.971 bits per heavy atom. The van der Waals surface area contributed by atoms with Crippen LogP contribution in [0.2, 0.25) is 0 Å². The zero-order valence-electron chi connectivity index (χ0n) is 21.7. The lowest BCUT2D eigenvalue weighted by atomic mass is 9.87. The second-order valence-corrected chi connectivity index (χ2v) is 10.1. The fraction of sp³-hybridized carbons (Fsp3) is 0.655. The van der Waals surface area contributed by atoms with E-state index < -0.39 is 0 Å². The molecule has 0 saturated heterocycles. The smallest absolute Gasteiger partial charge is 0.331 e. The standard InChI is InChI=1S/C29H45NO4/c1-5-7-8-9-10-11-22-33-25-17-12-23(13-18-25)14-21-27(31)34-26-19-15-24(16-20-26)30-28(32)29(3,4)6-2/h12-14,17-18,21,24,26H,5-11,15-16,19-20,22H2,1-4H3,(H,30,32)/b21-14+/t24-,26-. The monoisotopic (exact) mass is 471 g/mol. The Balaban J connectivity index is 1.65. The molecule has 1 saturated carbocycles. The van der Waals surface area contributed by atoms with Gasteiger partial charge in [0.15, 0.2) is 0 Å². The van der Waals surface area contributed by atoms with Crippen LogP contribution in [0.5, 0.6) is 5.75 Å². The van der Waals surface area contributed by atoms with Crippen LogP contribution in [0.1, 0.15) is 104 Å². The van der Waals surface area contributed by atoms with Crippen LogP contribution in [0.4, 0.5) is 0 Å². The Labute approximate surface area is 206 Å². The largest absolute Gasteiger partial charge is 0.494 e. The van der Waals surface area contributed by atoms with Crippen molar-refractivity contribution in [2.45, 2.75) is 110 Å². The Morgan fingerprint density at radius 2 is 1.62 bits per heavy atom. The third kappa shape index (κ3) is 10.3. The zero-order valence-corrected chi connectivity index (χ0v) is 21.7. The van der Waals surface area contributed by atoms with Crippen molar-refractivity contribution in [2.75, 3.05) is 6.61 Å². The maximum atomic E-state index is 12.4. The van der Waals surface area contributed by atoms with Crippen molar-refractivity contribution < 1.29 is 19.1 Å². The number of rotatable bonds is 14. The molecular formula is C29H45NO4. The molecule has 1 aliphatic carbocycles. The van der Waals surface area contributed by atoms with Crippen molar-refractivity contribution in [3.05, 3.63) is 35.9 Å². The summed E-state index contributed by atoms with van der Waals surface area (Å²) in [5.41, 5.74) is 0.598. The third-order valence-electron chi connectivity index (χ3n) is 6.85. The second-order valence-electron chi connectivity index (χ2n) is 10.1. The van der Waals surface area contributed by atoms with Gasteiger partial charge in [-0.25, -0.2) is 4.79 Å². The molecule has 0 aromatic heterocycles. The normalized spacial score (nSPS) is 18.6. The van der Waals surface area contributed by atoms with Gasteiger partial charge in [-0.1, -0.05) is 71.9 Å². The summed E-state index contributed by atoms with van der Waals surface area (Å²) in [6.45, 7) is 8.95. The van der Waals surface area contributed by atoms with Crippen molar-refractivity contribution in [2.24, 2.45) is 5.41 Å². The molecule has 0 atom stereocenters. The van der Waals surface area contributed by atoms with Crippen LogP contribution < -0.4 is 10.1 Å². The molecule has 0 spiro atoms. The van der Waals surface area contributed by atoms with Gasteiger partial charge in [-0.15, -0.1) is 0 Å². The molecule has 1 fully saturated rings. The fourth-order valence-electron chi connectivity index (χ4n) is 3.98. The maximum Gasteiger partial charge on any atom is 0.331 e. The average Bonchev–Trinajstić information content (AvgIpc) is 2.84. The van der Waals surface area contributed by atoms with Crippen LogP contribution in [0.3, 0.4) is 0 Å². The number of ether oxygens (including phenoxy) is 2. The molecule has 0 unspecified atom stereocenters. The zero-order chi connectivity index (χ0) is 24.8. The molecule has 0 aliphatic heterocycles. The molecule has 5 heteroatoms. The summed E-state index contributed by atoms with van der Waals surface area (Å²) in [6.07, 6.45) is 14.7. The summed E-state index contributed by atoms with van der Waals surface area (Å²) in [6, 6.07) is 7.96. The van der Waals surface area contributed by atoms with E-state index in [1.54, 1.807) is 6.08 Å². The van der Waals surface area contributed by atoms with Gasteiger partial charge in [0.25, 0.3) is 0 Å². The van der Waals surface area contributed by atoms with Gasteiger partial charge in [-0.3, -0.25) is 4.79 Å². The summed E-state index contributed by atoms with van der Waals surface area (Å²) >= 11 is 0. The topological polar surface area (TPSA) is 64.6 Å². The molecular weight excluding hydrogens is 426 g/mol. The summed E-state index contributed by atoms with van der Waals surface area (Å²) in [5, 5.41) is 3.16. The minimum absolute atomic E-state index is 0.0813. The van der Waals surface area contributed by atoms with Crippen LogP contribution in [-0.4, -0.2) is 30.6 Å². The Kier molecular flexibility index (Phi) is 12.2. The minimum Gasteiger partial charge on any atom is -0.494 e. The van der Waals surface area contributed by atoms with Crippen LogP contribution in [0.25, 0.3) is 6.08 Å².